The Balaban J connectivity index is 1.66. The van der Waals surface area contributed by atoms with Gasteiger partial charge < -0.3 is 9.64 Å². The molecule has 8 heteroatoms. The summed E-state index contributed by atoms with van der Waals surface area (Å²) in [5, 5.41) is 3.73. The van der Waals surface area contributed by atoms with Crippen LogP contribution in [0.4, 0.5) is 10.8 Å². The van der Waals surface area contributed by atoms with Gasteiger partial charge in [0.25, 0.3) is 11.8 Å². The number of likely N-dealkylation sites (N-methyl/N-ethyl adjacent to an activating group) is 1. The van der Waals surface area contributed by atoms with E-state index >= 15 is 0 Å². The largest absolute Gasteiger partial charge is 0.482 e. The van der Waals surface area contributed by atoms with Crippen molar-refractivity contribution in [2.75, 3.05) is 23.9 Å². The van der Waals surface area contributed by atoms with Crippen molar-refractivity contribution in [1.82, 2.24) is 4.98 Å². The van der Waals surface area contributed by atoms with Crippen LogP contribution in [-0.4, -0.2) is 30.5 Å². The van der Waals surface area contributed by atoms with E-state index in [1.807, 2.05) is 25.1 Å². The number of ether oxygens (including phenoxy) is 1. The molecule has 1 aliphatic heterocycles. The van der Waals surface area contributed by atoms with Crippen LogP contribution in [0.2, 0.25) is 5.02 Å². The van der Waals surface area contributed by atoms with Crippen LogP contribution < -0.4 is 15.0 Å². The number of carbonyl (C=O) groups is 2. The number of nitrogens with one attached hydrogen (secondary N) is 1. The van der Waals surface area contributed by atoms with E-state index in [4.69, 9.17) is 16.3 Å². The zero-order valence-corrected chi connectivity index (χ0v) is 17.4. The van der Waals surface area contributed by atoms with E-state index in [1.54, 1.807) is 36.2 Å². The van der Waals surface area contributed by atoms with Crippen molar-refractivity contribution >= 4 is 45.6 Å². The summed E-state index contributed by atoms with van der Waals surface area (Å²) in [5.41, 5.74) is 2.74. The summed E-state index contributed by atoms with van der Waals surface area (Å²) in [4.78, 5) is 31.8. The zero-order chi connectivity index (χ0) is 20.5. The first-order valence-corrected chi connectivity index (χ1v) is 10.3. The second kappa shape index (κ2) is 7.85. The molecule has 2 amide bonds. The molecule has 0 saturated carbocycles. The topological polar surface area (TPSA) is 71.5 Å². The molecule has 1 N–H and O–H groups in total. The second-order valence-electron chi connectivity index (χ2n) is 6.50. The first-order chi connectivity index (χ1) is 14.0. The molecule has 3 aromatic rings. The van der Waals surface area contributed by atoms with Gasteiger partial charge in [0.15, 0.2) is 11.7 Å². The highest BCUT2D eigenvalue weighted by atomic mass is 35.5. The van der Waals surface area contributed by atoms with Crippen LogP contribution in [0, 0.1) is 0 Å². The van der Waals surface area contributed by atoms with Crippen LogP contribution in [-0.2, 0) is 11.2 Å². The lowest BCUT2D eigenvalue weighted by atomic mass is 10.1. The molecule has 6 nitrogen and oxygen atoms in total. The molecular formula is C21H18ClN3O3S. The SMILES string of the molecule is CCc1sc(NC(=O)c2ccccc2Cl)nc1-c1ccc2c(c1)N(C)C(=O)CO2. The summed E-state index contributed by atoms with van der Waals surface area (Å²) >= 11 is 7.54. The maximum atomic E-state index is 12.6. The Morgan fingerprint density at radius 1 is 1.31 bits per heavy atom. The summed E-state index contributed by atoms with van der Waals surface area (Å²) in [5.74, 6) is 0.260. The van der Waals surface area contributed by atoms with Gasteiger partial charge >= 0.3 is 0 Å². The molecule has 1 aromatic heterocycles. The number of nitrogens with zero attached hydrogens (tertiary/aromatic N) is 2. The van der Waals surface area contributed by atoms with E-state index in [0.717, 1.165) is 22.6 Å². The van der Waals surface area contributed by atoms with Gasteiger partial charge in [-0.15, -0.1) is 11.3 Å². The van der Waals surface area contributed by atoms with Crippen molar-refractivity contribution in [3.8, 4) is 17.0 Å². The van der Waals surface area contributed by atoms with Gasteiger partial charge in [-0.25, -0.2) is 4.98 Å². The molecule has 0 unspecified atom stereocenters. The number of fused-ring (bicyclic) bond motifs is 1. The van der Waals surface area contributed by atoms with Gasteiger partial charge in [-0.2, -0.15) is 0 Å². The van der Waals surface area contributed by atoms with E-state index in [0.29, 0.717) is 27.2 Å². The lowest BCUT2D eigenvalue weighted by Gasteiger charge is -2.26. The number of benzene rings is 2. The summed E-state index contributed by atoms with van der Waals surface area (Å²) in [6.07, 6.45) is 0.761. The summed E-state index contributed by atoms with van der Waals surface area (Å²) in [6.45, 7) is 2.08. The molecule has 2 aromatic carbocycles. The lowest BCUT2D eigenvalue weighted by Crippen LogP contribution is -2.35. The molecule has 29 heavy (non-hydrogen) atoms. The van der Waals surface area contributed by atoms with E-state index in [-0.39, 0.29) is 18.4 Å². The number of rotatable bonds is 4. The molecule has 0 atom stereocenters. The van der Waals surface area contributed by atoms with Crippen LogP contribution in [0.5, 0.6) is 5.75 Å². The van der Waals surface area contributed by atoms with Gasteiger partial charge in [0, 0.05) is 17.5 Å². The van der Waals surface area contributed by atoms with Crippen LogP contribution >= 0.6 is 22.9 Å². The fraction of sp³-hybridized carbons (Fsp3) is 0.190. The summed E-state index contributed by atoms with van der Waals surface area (Å²) in [7, 11) is 1.73. The van der Waals surface area contributed by atoms with Crippen molar-refractivity contribution in [3.05, 3.63) is 57.9 Å². The van der Waals surface area contributed by atoms with Crippen LogP contribution in [0.25, 0.3) is 11.3 Å². The Hall–Kier alpha value is -2.90. The van der Waals surface area contributed by atoms with Crippen molar-refractivity contribution in [1.29, 1.82) is 0 Å². The first kappa shape index (κ1) is 19.4. The standard InChI is InChI=1S/C21H18ClN3O3S/c1-3-17-19(12-8-9-16-15(10-12)25(2)18(26)11-28-16)23-21(29-17)24-20(27)13-6-4-5-7-14(13)22/h4-10H,3,11H2,1-2H3,(H,23,24,27). The fourth-order valence-electron chi connectivity index (χ4n) is 3.10. The number of aromatic nitrogens is 1. The van der Waals surface area contributed by atoms with Crippen LogP contribution in [0.3, 0.4) is 0 Å². The molecule has 0 fully saturated rings. The Morgan fingerprint density at radius 3 is 2.86 bits per heavy atom. The molecule has 0 aliphatic carbocycles. The molecule has 0 radical (unpaired) electrons. The fourth-order valence-corrected chi connectivity index (χ4v) is 4.24. The summed E-state index contributed by atoms with van der Waals surface area (Å²) in [6, 6.07) is 12.5. The average Bonchev–Trinajstić information content (AvgIpc) is 3.13. The third-order valence-electron chi connectivity index (χ3n) is 4.68. The molecular weight excluding hydrogens is 410 g/mol. The minimum absolute atomic E-state index is 0.0397. The maximum absolute atomic E-state index is 12.6. The second-order valence-corrected chi connectivity index (χ2v) is 7.99. The average molecular weight is 428 g/mol. The molecule has 148 valence electrons. The van der Waals surface area contributed by atoms with E-state index < -0.39 is 0 Å². The predicted molar refractivity (Wildman–Crippen MR) is 115 cm³/mol. The van der Waals surface area contributed by atoms with Gasteiger partial charge in [-0.1, -0.05) is 30.7 Å². The number of hydrogen-bond acceptors (Lipinski definition) is 5. The lowest BCUT2D eigenvalue weighted by molar-refractivity contribution is -0.120. The molecule has 2 heterocycles. The maximum Gasteiger partial charge on any atom is 0.264 e. The van der Waals surface area contributed by atoms with Crippen LogP contribution in [0.15, 0.2) is 42.5 Å². The number of hydrogen-bond donors (Lipinski definition) is 1. The third-order valence-corrected chi connectivity index (χ3v) is 6.12. The minimum atomic E-state index is -0.303. The van der Waals surface area contributed by atoms with Crippen molar-refractivity contribution < 1.29 is 14.3 Å². The number of halogens is 1. The van der Waals surface area contributed by atoms with Crippen molar-refractivity contribution in [2.45, 2.75) is 13.3 Å². The zero-order valence-electron chi connectivity index (χ0n) is 15.9. The predicted octanol–water partition coefficient (Wildman–Crippen LogP) is 4.63. The molecule has 0 spiro atoms. The number of anilines is 2. The van der Waals surface area contributed by atoms with Gasteiger partial charge in [-0.3, -0.25) is 14.9 Å². The normalized spacial score (nSPS) is 13.1. The number of aryl methyl sites for hydroxylation is 1. The molecule has 0 saturated heterocycles. The minimum Gasteiger partial charge on any atom is -0.482 e. The Bertz CT molecular complexity index is 1110. The third kappa shape index (κ3) is 3.71. The van der Waals surface area contributed by atoms with E-state index in [1.165, 1.54) is 11.3 Å². The number of thiazole rings is 1. The molecule has 0 bridgehead atoms. The highest BCUT2D eigenvalue weighted by Gasteiger charge is 2.24. The number of carbonyl (C=O) groups excluding carboxylic acids is 2. The number of amides is 2. The Labute approximate surface area is 177 Å². The quantitative estimate of drug-likeness (QED) is 0.658. The summed E-state index contributed by atoms with van der Waals surface area (Å²) < 4.78 is 5.49. The highest BCUT2D eigenvalue weighted by Crippen LogP contribution is 2.38. The van der Waals surface area contributed by atoms with Crippen LogP contribution in [0.1, 0.15) is 22.2 Å². The highest BCUT2D eigenvalue weighted by molar-refractivity contribution is 7.16. The molecule has 1 aliphatic rings. The van der Waals surface area contributed by atoms with Gasteiger partial charge in [0.05, 0.1) is 22.0 Å². The van der Waals surface area contributed by atoms with Gasteiger partial charge in [0.2, 0.25) is 0 Å². The van der Waals surface area contributed by atoms with Gasteiger partial charge in [-0.05, 0) is 36.8 Å². The first-order valence-electron chi connectivity index (χ1n) is 9.07. The van der Waals surface area contributed by atoms with Crippen molar-refractivity contribution in [3.63, 3.8) is 0 Å². The van der Waals surface area contributed by atoms with Crippen molar-refractivity contribution in [2.24, 2.45) is 0 Å². The monoisotopic (exact) mass is 427 g/mol. The Kier molecular flexibility index (Phi) is 5.25. The van der Waals surface area contributed by atoms with E-state index in [2.05, 4.69) is 10.3 Å². The van der Waals surface area contributed by atoms with E-state index in [9.17, 15) is 9.59 Å². The Morgan fingerprint density at radius 2 is 2.10 bits per heavy atom. The molecule has 4 rings (SSSR count). The van der Waals surface area contributed by atoms with Gasteiger partial charge in [0.1, 0.15) is 5.75 Å². The smallest absolute Gasteiger partial charge is 0.264 e.